The molecule has 1 fully saturated rings. The quantitative estimate of drug-likeness (QED) is 0.799. The van der Waals surface area contributed by atoms with Crippen LogP contribution in [-0.2, 0) is 4.74 Å². The number of imidazole rings is 1. The molecule has 0 aromatic carbocycles. The molecule has 2 aliphatic rings. The number of ether oxygens (including phenoxy) is 1. The number of hydrogen-bond acceptors (Lipinski definition) is 3. The highest BCUT2D eigenvalue weighted by atomic mass is 16.6. The van der Waals surface area contributed by atoms with Gasteiger partial charge in [-0.2, -0.15) is 0 Å². The molecule has 2 aromatic rings. The number of pyridine rings is 1. The average molecular weight is 325 g/mol. The molecular weight excluding hydrogens is 302 g/mol. The number of hydrogen-bond donors (Lipinski definition) is 0. The molecule has 4 rings (SSSR count). The highest BCUT2D eigenvalue weighted by Crippen LogP contribution is 2.39. The summed E-state index contributed by atoms with van der Waals surface area (Å²) in [4.78, 5) is 18.8. The Labute approximate surface area is 141 Å². The summed E-state index contributed by atoms with van der Waals surface area (Å²) < 4.78 is 7.60. The van der Waals surface area contributed by atoms with E-state index in [1.807, 2.05) is 48.7 Å². The van der Waals surface area contributed by atoms with Crippen molar-refractivity contribution in [3.63, 3.8) is 0 Å². The third-order valence-corrected chi connectivity index (χ3v) is 4.77. The molecule has 5 nitrogen and oxygen atoms in total. The van der Waals surface area contributed by atoms with Crippen molar-refractivity contribution in [3.8, 4) is 0 Å². The van der Waals surface area contributed by atoms with E-state index >= 15 is 0 Å². The maximum absolute atomic E-state index is 12.5. The van der Waals surface area contributed by atoms with E-state index in [-0.39, 0.29) is 18.2 Å². The molecule has 126 valence electrons. The Hall–Kier alpha value is -2.30. The van der Waals surface area contributed by atoms with Crippen molar-refractivity contribution in [1.29, 1.82) is 0 Å². The lowest BCUT2D eigenvalue weighted by atomic mass is 9.95. The molecule has 1 saturated heterocycles. The van der Waals surface area contributed by atoms with Gasteiger partial charge in [-0.05, 0) is 63.3 Å². The lowest BCUT2D eigenvalue weighted by Crippen LogP contribution is -2.45. The van der Waals surface area contributed by atoms with Crippen molar-refractivity contribution in [2.45, 2.75) is 57.7 Å². The third kappa shape index (κ3) is 2.68. The Morgan fingerprint density at radius 1 is 1.29 bits per heavy atom. The van der Waals surface area contributed by atoms with Crippen LogP contribution < -0.4 is 0 Å². The molecule has 24 heavy (non-hydrogen) atoms. The van der Waals surface area contributed by atoms with Crippen LogP contribution in [0.4, 0.5) is 4.79 Å². The number of nitrogens with zero attached hydrogens (tertiary/aromatic N) is 3. The number of amides is 1. The first-order valence-electron chi connectivity index (χ1n) is 8.56. The fraction of sp³-hybridized carbons (Fsp3) is 0.474. The molecule has 0 aliphatic carbocycles. The lowest BCUT2D eigenvalue weighted by molar-refractivity contribution is 0.0175. The second-order valence-electron chi connectivity index (χ2n) is 7.69. The lowest BCUT2D eigenvalue weighted by Gasteiger charge is -2.35. The minimum atomic E-state index is -0.452. The van der Waals surface area contributed by atoms with Crippen molar-refractivity contribution >= 4 is 17.3 Å². The van der Waals surface area contributed by atoms with Gasteiger partial charge in [-0.3, -0.25) is 4.90 Å². The second kappa shape index (κ2) is 5.36. The standard InChI is InChI=1S/C19H23N3O2/c1-19(2,3)24-18(23)22-15-4-5-16(22)11-14(10-15)13-6-8-21-9-7-20-17(21)12-13/h6-10,12,15-16H,4-5,11H2,1-3H3. The Morgan fingerprint density at radius 3 is 2.88 bits per heavy atom. The molecule has 0 N–H and O–H groups in total. The summed E-state index contributed by atoms with van der Waals surface area (Å²) in [6.07, 6.45) is 10.8. The summed E-state index contributed by atoms with van der Waals surface area (Å²) in [5, 5.41) is 0. The molecule has 2 atom stereocenters. The summed E-state index contributed by atoms with van der Waals surface area (Å²) in [7, 11) is 0. The van der Waals surface area contributed by atoms with Gasteiger partial charge in [0.15, 0.2) is 0 Å². The Bertz CT molecular complexity index is 815. The van der Waals surface area contributed by atoms with Gasteiger partial charge in [0.1, 0.15) is 11.2 Å². The van der Waals surface area contributed by atoms with Crippen molar-refractivity contribution in [2.75, 3.05) is 0 Å². The number of aromatic nitrogens is 2. The summed E-state index contributed by atoms with van der Waals surface area (Å²) >= 11 is 0. The van der Waals surface area contributed by atoms with Crippen molar-refractivity contribution < 1.29 is 9.53 Å². The molecule has 1 amide bonds. The number of carbonyl (C=O) groups excluding carboxylic acids is 1. The zero-order valence-electron chi connectivity index (χ0n) is 14.4. The van der Waals surface area contributed by atoms with Crippen LogP contribution in [0, 0.1) is 0 Å². The fourth-order valence-corrected chi connectivity index (χ4v) is 3.75. The van der Waals surface area contributed by atoms with Crippen LogP contribution in [0.5, 0.6) is 0 Å². The SMILES string of the molecule is CC(C)(C)OC(=O)N1C2C=C(c3ccn4ccnc4c3)CC1CC2. The van der Waals surface area contributed by atoms with Gasteiger partial charge in [-0.25, -0.2) is 9.78 Å². The molecule has 2 bridgehead atoms. The minimum absolute atomic E-state index is 0.143. The average Bonchev–Trinajstić information content (AvgIpc) is 3.07. The van der Waals surface area contributed by atoms with Gasteiger partial charge in [0, 0.05) is 24.6 Å². The van der Waals surface area contributed by atoms with Crippen molar-refractivity contribution in [1.82, 2.24) is 14.3 Å². The van der Waals surface area contributed by atoms with E-state index in [0.717, 1.165) is 24.9 Å². The Kier molecular flexibility index (Phi) is 3.41. The van der Waals surface area contributed by atoms with Crippen LogP contribution >= 0.6 is 0 Å². The first-order valence-corrected chi connectivity index (χ1v) is 8.56. The fourth-order valence-electron chi connectivity index (χ4n) is 3.75. The smallest absolute Gasteiger partial charge is 0.411 e. The summed E-state index contributed by atoms with van der Waals surface area (Å²) in [6.45, 7) is 5.74. The van der Waals surface area contributed by atoms with E-state index in [1.54, 1.807) is 0 Å². The van der Waals surface area contributed by atoms with Gasteiger partial charge in [-0.15, -0.1) is 0 Å². The third-order valence-electron chi connectivity index (χ3n) is 4.77. The molecule has 4 heterocycles. The van der Waals surface area contributed by atoms with Crippen LogP contribution in [0.2, 0.25) is 0 Å². The van der Waals surface area contributed by atoms with Gasteiger partial charge < -0.3 is 9.14 Å². The Morgan fingerprint density at radius 2 is 2.12 bits per heavy atom. The topological polar surface area (TPSA) is 46.8 Å². The van der Waals surface area contributed by atoms with Gasteiger partial charge in [0.05, 0.1) is 6.04 Å². The van der Waals surface area contributed by atoms with E-state index in [1.165, 1.54) is 11.1 Å². The van der Waals surface area contributed by atoms with E-state index in [2.05, 4.69) is 23.2 Å². The molecule has 5 heteroatoms. The highest BCUT2D eigenvalue weighted by molar-refractivity contribution is 5.76. The molecule has 0 radical (unpaired) electrons. The largest absolute Gasteiger partial charge is 0.444 e. The van der Waals surface area contributed by atoms with Gasteiger partial charge in [-0.1, -0.05) is 6.08 Å². The number of carbonyl (C=O) groups is 1. The van der Waals surface area contributed by atoms with Crippen LogP contribution in [0.3, 0.4) is 0 Å². The zero-order valence-corrected chi connectivity index (χ0v) is 14.4. The highest BCUT2D eigenvalue weighted by Gasteiger charge is 2.41. The van der Waals surface area contributed by atoms with Gasteiger partial charge in [0.25, 0.3) is 0 Å². The van der Waals surface area contributed by atoms with Crippen molar-refractivity contribution in [2.24, 2.45) is 0 Å². The van der Waals surface area contributed by atoms with E-state index < -0.39 is 5.60 Å². The number of rotatable bonds is 1. The minimum Gasteiger partial charge on any atom is -0.444 e. The van der Waals surface area contributed by atoms with E-state index in [4.69, 9.17) is 4.74 Å². The molecule has 0 saturated carbocycles. The van der Waals surface area contributed by atoms with Crippen molar-refractivity contribution in [3.05, 3.63) is 42.4 Å². The number of fused-ring (bicyclic) bond motifs is 3. The van der Waals surface area contributed by atoms with Gasteiger partial charge in [0.2, 0.25) is 0 Å². The maximum atomic E-state index is 12.5. The van der Waals surface area contributed by atoms with Crippen LogP contribution in [-0.4, -0.2) is 38.1 Å². The summed E-state index contributed by atoms with van der Waals surface area (Å²) in [5.74, 6) is 0. The van der Waals surface area contributed by atoms with Crippen LogP contribution in [0.25, 0.3) is 11.2 Å². The normalized spacial score (nSPS) is 23.5. The predicted molar refractivity (Wildman–Crippen MR) is 92.7 cm³/mol. The summed E-state index contributed by atoms with van der Waals surface area (Å²) in [5.41, 5.74) is 3.02. The van der Waals surface area contributed by atoms with Crippen LogP contribution in [0.1, 0.15) is 45.6 Å². The zero-order chi connectivity index (χ0) is 16.9. The predicted octanol–water partition coefficient (Wildman–Crippen LogP) is 3.89. The molecule has 0 spiro atoms. The van der Waals surface area contributed by atoms with E-state index in [9.17, 15) is 4.79 Å². The molecule has 2 aromatic heterocycles. The maximum Gasteiger partial charge on any atom is 0.411 e. The monoisotopic (exact) mass is 325 g/mol. The molecular formula is C19H23N3O2. The second-order valence-corrected chi connectivity index (χ2v) is 7.69. The molecule has 2 aliphatic heterocycles. The van der Waals surface area contributed by atoms with E-state index in [0.29, 0.717) is 0 Å². The van der Waals surface area contributed by atoms with Crippen LogP contribution in [0.15, 0.2) is 36.8 Å². The van der Waals surface area contributed by atoms with Gasteiger partial charge >= 0.3 is 6.09 Å². The Balaban J connectivity index is 1.60. The molecule has 2 unspecified atom stereocenters. The first kappa shape index (κ1) is 15.2. The first-order chi connectivity index (χ1) is 11.4. The summed E-state index contributed by atoms with van der Waals surface area (Å²) in [6, 6.07) is 4.63.